The maximum Gasteiger partial charge on any atom is 0.0607 e. The summed E-state index contributed by atoms with van der Waals surface area (Å²) >= 11 is 0. The predicted octanol–water partition coefficient (Wildman–Crippen LogP) is 0.439. The molecule has 3 heteroatoms. The average Bonchev–Trinajstić information content (AvgIpc) is 1.90. The molecule has 3 nitrogen and oxygen atoms in total. The molecule has 58 valence electrons. The van der Waals surface area contributed by atoms with Crippen LogP contribution in [0.5, 0.6) is 0 Å². The van der Waals surface area contributed by atoms with Crippen LogP contribution in [0.3, 0.4) is 0 Å². The molecule has 0 unspecified atom stereocenters. The van der Waals surface area contributed by atoms with Crippen molar-refractivity contribution in [3.63, 3.8) is 0 Å². The molecule has 0 saturated heterocycles. The van der Waals surface area contributed by atoms with Crippen molar-refractivity contribution in [3.8, 4) is 0 Å². The summed E-state index contributed by atoms with van der Waals surface area (Å²) in [5.41, 5.74) is 0.855. The molecule has 0 saturated carbocycles. The van der Waals surface area contributed by atoms with E-state index in [1.165, 1.54) is 0 Å². The first-order valence-electron chi connectivity index (χ1n) is 3.24. The summed E-state index contributed by atoms with van der Waals surface area (Å²) in [6.45, 7) is 4.54. The van der Waals surface area contributed by atoms with E-state index in [0.717, 1.165) is 18.7 Å². The van der Waals surface area contributed by atoms with Crippen LogP contribution in [0, 0.1) is 0 Å². The van der Waals surface area contributed by atoms with Gasteiger partial charge in [0.05, 0.1) is 5.71 Å². The Morgan fingerprint density at radius 2 is 2.30 bits per heavy atom. The zero-order chi connectivity index (χ0) is 7.98. The zero-order valence-corrected chi connectivity index (χ0v) is 6.67. The van der Waals surface area contributed by atoms with Crippen molar-refractivity contribution in [2.75, 3.05) is 20.6 Å². The van der Waals surface area contributed by atoms with Gasteiger partial charge in [0.1, 0.15) is 0 Å². The van der Waals surface area contributed by atoms with E-state index in [2.05, 4.69) is 16.6 Å². The molecular weight excluding hydrogens is 126 g/mol. The Bertz CT molecular complexity index is 127. The van der Waals surface area contributed by atoms with Gasteiger partial charge in [-0.1, -0.05) is 6.58 Å². The van der Waals surface area contributed by atoms with Gasteiger partial charge in [-0.2, -0.15) is 5.10 Å². The Balaban J connectivity index is 3.56. The van der Waals surface area contributed by atoms with Gasteiger partial charge in [0.25, 0.3) is 0 Å². The Morgan fingerprint density at radius 3 is 2.60 bits per heavy atom. The summed E-state index contributed by atoms with van der Waals surface area (Å²) in [7, 11) is 4.02. The van der Waals surface area contributed by atoms with Crippen molar-refractivity contribution >= 4 is 5.71 Å². The first-order chi connectivity index (χ1) is 4.70. The van der Waals surface area contributed by atoms with E-state index in [1.807, 2.05) is 14.1 Å². The van der Waals surface area contributed by atoms with Crippen LogP contribution >= 0.6 is 0 Å². The van der Waals surface area contributed by atoms with Crippen LogP contribution in [-0.2, 0) is 0 Å². The largest absolute Gasteiger partial charge is 0.323 e. The van der Waals surface area contributed by atoms with Crippen molar-refractivity contribution in [2.24, 2.45) is 10.9 Å². The molecule has 0 heterocycles. The fourth-order valence-corrected chi connectivity index (χ4v) is 0.557. The second-order valence-corrected chi connectivity index (χ2v) is 2.38. The molecule has 10 heavy (non-hydrogen) atoms. The minimum atomic E-state index is 0.855. The van der Waals surface area contributed by atoms with Crippen LogP contribution in [0.25, 0.3) is 0 Å². The molecule has 0 aliphatic carbocycles. The highest BCUT2D eigenvalue weighted by molar-refractivity contribution is 5.94. The second kappa shape index (κ2) is 4.99. The first-order valence-corrected chi connectivity index (χ1v) is 3.24. The Hall–Kier alpha value is -0.830. The van der Waals surface area contributed by atoms with Gasteiger partial charge in [0.15, 0.2) is 0 Å². The van der Waals surface area contributed by atoms with Crippen molar-refractivity contribution < 1.29 is 0 Å². The van der Waals surface area contributed by atoms with Crippen LogP contribution in [0.1, 0.15) is 6.42 Å². The number of hydrazone groups is 1. The van der Waals surface area contributed by atoms with E-state index in [4.69, 9.17) is 5.84 Å². The number of allylic oxidation sites excluding steroid dienone is 1. The highest BCUT2D eigenvalue weighted by Crippen LogP contribution is 1.88. The van der Waals surface area contributed by atoms with Crippen LogP contribution in [-0.4, -0.2) is 31.3 Å². The lowest BCUT2D eigenvalue weighted by atomic mass is 10.2. The third-order valence-electron chi connectivity index (χ3n) is 1.22. The Labute approximate surface area is 62.2 Å². The highest BCUT2D eigenvalue weighted by Gasteiger charge is 1.93. The number of nitrogens with zero attached hydrogens (tertiary/aromatic N) is 2. The van der Waals surface area contributed by atoms with Crippen molar-refractivity contribution in [3.05, 3.63) is 12.7 Å². The fourth-order valence-electron chi connectivity index (χ4n) is 0.557. The first kappa shape index (κ1) is 9.17. The van der Waals surface area contributed by atoms with Crippen LogP contribution in [0.4, 0.5) is 0 Å². The number of hydrogen-bond acceptors (Lipinski definition) is 3. The molecule has 0 fully saturated rings. The standard InChI is InChI=1S/C7H15N3/c1-4-7(9-8)5-6-10(2)3/h4H,1,5-6,8H2,2-3H3/b9-7-. The summed E-state index contributed by atoms with van der Waals surface area (Å²) in [5, 5.41) is 3.55. The molecule has 0 bridgehead atoms. The third-order valence-corrected chi connectivity index (χ3v) is 1.22. The van der Waals surface area contributed by atoms with Crippen LogP contribution in [0.15, 0.2) is 17.8 Å². The lowest BCUT2D eigenvalue weighted by molar-refractivity contribution is 0.422. The normalized spacial score (nSPS) is 12.1. The zero-order valence-electron chi connectivity index (χ0n) is 6.67. The van der Waals surface area contributed by atoms with Gasteiger partial charge >= 0.3 is 0 Å². The SMILES string of the molecule is C=C/C(CCN(C)C)=N/N. The third kappa shape index (κ3) is 4.09. The molecule has 0 aromatic heterocycles. The van der Waals surface area contributed by atoms with Gasteiger partial charge in [-0.05, 0) is 20.2 Å². The molecule has 0 amide bonds. The van der Waals surface area contributed by atoms with Crippen molar-refractivity contribution in [1.82, 2.24) is 4.90 Å². The van der Waals surface area contributed by atoms with Crippen LogP contribution in [0.2, 0.25) is 0 Å². The highest BCUT2D eigenvalue weighted by atomic mass is 15.1. The monoisotopic (exact) mass is 141 g/mol. The summed E-state index contributed by atoms with van der Waals surface area (Å²) < 4.78 is 0. The Morgan fingerprint density at radius 1 is 1.70 bits per heavy atom. The van der Waals surface area contributed by atoms with Gasteiger partial charge in [-0.3, -0.25) is 0 Å². The Kier molecular flexibility index (Phi) is 4.58. The summed E-state index contributed by atoms with van der Waals surface area (Å²) in [6.07, 6.45) is 2.55. The van der Waals surface area contributed by atoms with Gasteiger partial charge in [0, 0.05) is 13.0 Å². The maximum atomic E-state index is 5.07. The molecule has 0 spiro atoms. The van der Waals surface area contributed by atoms with E-state index in [1.54, 1.807) is 6.08 Å². The predicted molar refractivity (Wildman–Crippen MR) is 45.0 cm³/mol. The van der Waals surface area contributed by atoms with E-state index in [9.17, 15) is 0 Å². The minimum Gasteiger partial charge on any atom is -0.323 e. The number of nitrogens with two attached hydrogens (primary N) is 1. The molecule has 0 aromatic carbocycles. The van der Waals surface area contributed by atoms with Gasteiger partial charge in [-0.15, -0.1) is 0 Å². The maximum absolute atomic E-state index is 5.07. The van der Waals surface area contributed by atoms with Gasteiger partial charge in [-0.25, -0.2) is 0 Å². The minimum absolute atomic E-state index is 0.855. The van der Waals surface area contributed by atoms with Crippen molar-refractivity contribution in [1.29, 1.82) is 0 Å². The second-order valence-electron chi connectivity index (χ2n) is 2.38. The molecule has 0 aliphatic rings. The molecule has 0 radical (unpaired) electrons. The molecule has 0 aromatic rings. The van der Waals surface area contributed by atoms with E-state index >= 15 is 0 Å². The summed E-state index contributed by atoms with van der Waals surface area (Å²) in [5.74, 6) is 5.07. The molecule has 2 N–H and O–H groups in total. The number of hydrogen-bond donors (Lipinski definition) is 1. The topological polar surface area (TPSA) is 41.6 Å². The average molecular weight is 141 g/mol. The fraction of sp³-hybridized carbons (Fsp3) is 0.571. The van der Waals surface area contributed by atoms with Crippen LogP contribution < -0.4 is 5.84 Å². The molecular formula is C7H15N3. The summed E-state index contributed by atoms with van der Waals surface area (Å²) in [4.78, 5) is 2.08. The van der Waals surface area contributed by atoms with Gasteiger partial charge < -0.3 is 10.7 Å². The van der Waals surface area contributed by atoms with E-state index in [-0.39, 0.29) is 0 Å². The van der Waals surface area contributed by atoms with Gasteiger partial charge in [0.2, 0.25) is 0 Å². The van der Waals surface area contributed by atoms with Crippen molar-refractivity contribution in [2.45, 2.75) is 6.42 Å². The quantitative estimate of drug-likeness (QED) is 0.350. The smallest absolute Gasteiger partial charge is 0.0607 e. The molecule has 0 aliphatic heterocycles. The van der Waals surface area contributed by atoms with E-state index in [0.29, 0.717) is 0 Å². The van der Waals surface area contributed by atoms with E-state index < -0.39 is 0 Å². The lowest BCUT2D eigenvalue weighted by Crippen LogP contribution is -2.16. The number of rotatable bonds is 4. The molecule has 0 atom stereocenters. The lowest BCUT2D eigenvalue weighted by Gasteiger charge is -2.07. The molecule has 0 rings (SSSR count). The summed E-state index contributed by atoms with van der Waals surface area (Å²) in [6, 6.07) is 0.